The largest absolute Gasteiger partial charge is 1.00 e. The molecule has 0 N–H and O–H groups in total. The Balaban J connectivity index is 0. The molecule has 0 saturated carbocycles. The topological polar surface area (TPSA) is 9.23 Å². The first-order valence-corrected chi connectivity index (χ1v) is 8.63. The maximum Gasteiger partial charge on any atom is 1.00 e. The quantitative estimate of drug-likeness (QED) is 0.386. The normalized spacial score (nSPS) is 13.1. The van der Waals surface area contributed by atoms with Crippen molar-refractivity contribution in [3.8, 4) is 0 Å². The molecule has 0 aromatic heterocycles. The second kappa shape index (κ2) is 8.72. The van der Waals surface area contributed by atoms with Gasteiger partial charge in [-0.25, -0.2) is 6.08 Å². The number of hydrogen-bond donors (Lipinski definition) is 0. The van der Waals surface area contributed by atoms with Gasteiger partial charge >= 0.3 is 17.1 Å². The van der Waals surface area contributed by atoms with E-state index >= 15 is 0 Å². The van der Waals surface area contributed by atoms with Gasteiger partial charge in [0.15, 0.2) is 8.32 Å². The first-order chi connectivity index (χ1) is 5.99. The SMILES string of the molecule is [CH-]=CC(CCCCC)O[Si](C)(C)C.[Cu+]. The molecule has 1 unspecified atom stereocenters. The van der Waals surface area contributed by atoms with E-state index in [1.54, 1.807) is 6.08 Å². The summed E-state index contributed by atoms with van der Waals surface area (Å²) in [5, 5.41) is 0. The molecule has 0 aromatic rings. The molecule has 0 radical (unpaired) electrons. The first-order valence-electron chi connectivity index (χ1n) is 5.22. The Bertz CT molecular complexity index is 143. The van der Waals surface area contributed by atoms with E-state index in [1.807, 2.05) is 0 Å². The second-order valence-corrected chi connectivity index (χ2v) is 8.92. The molecule has 0 fully saturated rings. The van der Waals surface area contributed by atoms with E-state index in [1.165, 1.54) is 19.3 Å². The van der Waals surface area contributed by atoms with Gasteiger partial charge in [-0.15, -0.1) is 0 Å². The van der Waals surface area contributed by atoms with E-state index in [2.05, 4.69) is 26.6 Å². The van der Waals surface area contributed by atoms with Gasteiger partial charge in [0.2, 0.25) is 0 Å². The Morgan fingerprint density at radius 3 is 2.21 bits per heavy atom. The van der Waals surface area contributed by atoms with Crippen molar-refractivity contribution in [3.05, 3.63) is 12.7 Å². The van der Waals surface area contributed by atoms with E-state index in [9.17, 15) is 0 Å². The van der Waals surface area contributed by atoms with Gasteiger partial charge in [0, 0.05) is 6.10 Å². The summed E-state index contributed by atoms with van der Waals surface area (Å²) in [5.74, 6) is 0. The average molecular weight is 263 g/mol. The van der Waals surface area contributed by atoms with Gasteiger partial charge < -0.3 is 11.0 Å². The molecule has 0 aromatic carbocycles. The number of unbranched alkanes of at least 4 members (excludes halogenated alkanes) is 2. The summed E-state index contributed by atoms with van der Waals surface area (Å²) in [6.07, 6.45) is 6.71. The molecule has 0 spiro atoms. The van der Waals surface area contributed by atoms with Crippen molar-refractivity contribution < 1.29 is 21.5 Å². The Morgan fingerprint density at radius 1 is 1.29 bits per heavy atom. The molecule has 3 heteroatoms. The van der Waals surface area contributed by atoms with Gasteiger partial charge in [0.05, 0.1) is 0 Å². The van der Waals surface area contributed by atoms with Gasteiger partial charge in [0.25, 0.3) is 0 Å². The van der Waals surface area contributed by atoms with Crippen LogP contribution in [0.5, 0.6) is 0 Å². The first kappa shape index (κ1) is 16.9. The molecule has 0 bridgehead atoms. The third-order valence-corrected chi connectivity index (χ3v) is 2.82. The minimum atomic E-state index is -1.41. The van der Waals surface area contributed by atoms with E-state index in [-0.39, 0.29) is 23.2 Å². The van der Waals surface area contributed by atoms with Gasteiger partial charge in [-0.1, -0.05) is 26.2 Å². The zero-order chi connectivity index (χ0) is 10.3. The summed E-state index contributed by atoms with van der Waals surface area (Å²) in [6.45, 7) is 14.3. The predicted molar refractivity (Wildman–Crippen MR) is 61.2 cm³/mol. The van der Waals surface area contributed by atoms with Crippen LogP contribution in [0.1, 0.15) is 32.6 Å². The Morgan fingerprint density at radius 2 is 1.86 bits per heavy atom. The standard InChI is InChI=1S/C11H23OSi.Cu/c1-6-8-9-10-11(7-2)12-13(3,4)5;/h2,7,11H,6,8-10H2,1,3-5H3;/q-1;+1. The van der Waals surface area contributed by atoms with E-state index in [0.717, 1.165) is 6.42 Å². The van der Waals surface area contributed by atoms with E-state index in [4.69, 9.17) is 11.0 Å². The Kier molecular flexibility index (Phi) is 10.5. The van der Waals surface area contributed by atoms with Gasteiger partial charge in [-0.05, 0) is 26.1 Å². The van der Waals surface area contributed by atoms with Crippen LogP contribution in [0.25, 0.3) is 0 Å². The fourth-order valence-corrected chi connectivity index (χ4v) is 2.35. The third kappa shape index (κ3) is 10.5. The van der Waals surface area contributed by atoms with Crippen molar-refractivity contribution in [1.29, 1.82) is 0 Å². The van der Waals surface area contributed by atoms with Gasteiger partial charge in [-0.3, -0.25) is 0 Å². The van der Waals surface area contributed by atoms with Crippen LogP contribution in [-0.4, -0.2) is 14.4 Å². The van der Waals surface area contributed by atoms with Crippen LogP contribution in [0.2, 0.25) is 19.6 Å². The predicted octanol–water partition coefficient (Wildman–Crippen LogP) is 3.77. The van der Waals surface area contributed by atoms with Crippen LogP contribution >= 0.6 is 0 Å². The van der Waals surface area contributed by atoms with Crippen molar-refractivity contribution in [1.82, 2.24) is 0 Å². The molecule has 0 aliphatic heterocycles. The zero-order valence-electron chi connectivity index (χ0n) is 9.77. The molecule has 14 heavy (non-hydrogen) atoms. The van der Waals surface area contributed by atoms with E-state index < -0.39 is 8.32 Å². The minimum Gasteiger partial charge on any atom is -0.515 e. The van der Waals surface area contributed by atoms with Crippen molar-refractivity contribution in [2.75, 3.05) is 0 Å². The van der Waals surface area contributed by atoms with Crippen LogP contribution in [0, 0.1) is 6.58 Å². The molecular formula is C11H23CuOSi. The summed E-state index contributed by atoms with van der Waals surface area (Å²) in [6, 6.07) is 0. The third-order valence-electron chi connectivity index (χ3n) is 1.81. The molecule has 0 aliphatic carbocycles. The van der Waals surface area contributed by atoms with Gasteiger partial charge in [-0.2, -0.15) is 0 Å². The Labute approximate surface area is 101 Å². The monoisotopic (exact) mass is 262 g/mol. The van der Waals surface area contributed by atoms with Crippen molar-refractivity contribution in [2.24, 2.45) is 0 Å². The van der Waals surface area contributed by atoms with Crippen molar-refractivity contribution in [2.45, 2.75) is 58.4 Å². The fraction of sp³-hybridized carbons (Fsp3) is 0.818. The smallest absolute Gasteiger partial charge is 0.515 e. The number of rotatable bonds is 7. The molecule has 1 atom stereocenters. The van der Waals surface area contributed by atoms with E-state index in [0.29, 0.717) is 0 Å². The minimum absolute atomic E-state index is 0. The zero-order valence-corrected chi connectivity index (χ0v) is 11.7. The summed E-state index contributed by atoms with van der Waals surface area (Å²) < 4.78 is 5.89. The summed E-state index contributed by atoms with van der Waals surface area (Å²) in [5.41, 5.74) is 0. The summed E-state index contributed by atoms with van der Waals surface area (Å²) in [7, 11) is -1.41. The number of hydrogen-bond acceptors (Lipinski definition) is 1. The van der Waals surface area contributed by atoms with Crippen LogP contribution in [0.3, 0.4) is 0 Å². The molecule has 0 amide bonds. The van der Waals surface area contributed by atoms with Crippen molar-refractivity contribution >= 4 is 8.32 Å². The summed E-state index contributed by atoms with van der Waals surface area (Å²) in [4.78, 5) is 0. The molecular weight excluding hydrogens is 240 g/mol. The van der Waals surface area contributed by atoms with Crippen LogP contribution < -0.4 is 0 Å². The van der Waals surface area contributed by atoms with Crippen LogP contribution in [0.4, 0.5) is 0 Å². The molecule has 0 saturated heterocycles. The second-order valence-electron chi connectivity index (χ2n) is 4.46. The fourth-order valence-electron chi connectivity index (χ4n) is 1.24. The summed E-state index contributed by atoms with van der Waals surface area (Å²) >= 11 is 0. The maximum absolute atomic E-state index is 5.89. The molecule has 88 valence electrons. The molecule has 0 heterocycles. The van der Waals surface area contributed by atoms with Crippen LogP contribution in [0.15, 0.2) is 6.08 Å². The molecule has 0 aliphatic rings. The van der Waals surface area contributed by atoms with Crippen LogP contribution in [-0.2, 0) is 21.5 Å². The van der Waals surface area contributed by atoms with Crippen molar-refractivity contribution in [3.63, 3.8) is 0 Å². The molecule has 0 rings (SSSR count). The molecule has 1 nitrogen and oxygen atoms in total. The Hall–Kier alpha value is 0.436. The maximum atomic E-state index is 5.89. The van der Waals surface area contributed by atoms with Gasteiger partial charge in [0.1, 0.15) is 0 Å². The average Bonchev–Trinajstić information content (AvgIpc) is 2.01.